The minimum atomic E-state index is -0.915. The van der Waals surface area contributed by atoms with Gasteiger partial charge in [-0.15, -0.1) is 11.3 Å². The van der Waals surface area contributed by atoms with Crippen molar-refractivity contribution in [3.63, 3.8) is 0 Å². The van der Waals surface area contributed by atoms with Gasteiger partial charge in [-0.3, -0.25) is 4.90 Å². The zero-order valence-corrected chi connectivity index (χ0v) is 11.5. The van der Waals surface area contributed by atoms with Crippen LogP contribution in [-0.2, 0) is 22.5 Å². The molecule has 0 amide bonds. The van der Waals surface area contributed by atoms with E-state index in [0.717, 1.165) is 36.8 Å². The van der Waals surface area contributed by atoms with Gasteiger partial charge in [-0.2, -0.15) is 0 Å². The Labute approximate surface area is 110 Å². The van der Waals surface area contributed by atoms with Crippen LogP contribution in [0.1, 0.15) is 24.5 Å². The van der Waals surface area contributed by atoms with Crippen LogP contribution < -0.4 is 0 Å². The molecule has 0 aliphatic carbocycles. The van der Waals surface area contributed by atoms with Gasteiger partial charge in [-0.25, -0.2) is 9.78 Å². The Hall–Kier alpha value is -0.980. The lowest BCUT2D eigenvalue weighted by atomic mass is 9.96. The maximum absolute atomic E-state index is 10.4. The standard InChI is InChI=1S/C12H18N2O3S/c1-3-10-13-9(6-18-10)4-14-7-12(2,8-14)17-5-11(15)16/h6H,3-5,7-8H2,1-2H3,(H,15,16). The summed E-state index contributed by atoms with van der Waals surface area (Å²) in [6, 6.07) is 0. The van der Waals surface area contributed by atoms with E-state index in [9.17, 15) is 4.79 Å². The molecule has 100 valence electrons. The van der Waals surface area contributed by atoms with E-state index in [-0.39, 0.29) is 12.2 Å². The average molecular weight is 270 g/mol. The second-order valence-corrected chi connectivity index (χ2v) is 5.81. The van der Waals surface area contributed by atoms with Crippen molar-refractivity contribution in [2.75, 3.05) is 19.7 Å². The maximum Gasteiger partial charge on any atom is 0.329 e. The smallest absolute Gasteiger partial charge is 0.329 e. The van der Waals surface area contributed by atoms with Gasteiger partial charge in [0.25, 0.3) is 0 Å². The van der Waals surface area contributed by atoms with Gasteiger partial charge in [-0.05, 0) is 13.3 Å². The second-order valence-electron chi connectivity index (χ2n) is 4.86. The zero-order chi connectivity index (χ0) is 13.2. The average Bonchev–Trinajstić information content (AvgIpc) is 2.72. The molecule has 0 aromatic carbocycles. The third kappa shape index (κ3) is 3.28. The van der Waals surface area contributed by atoms with Gasteiger partial charge in [-0.1, -0.05) is 6.92 Å². The summed E-state index contributed by atoms with van der Waals surface area (Å²) in [6.45, 7) is 6.18. The van der Waals surface area contributed by atoms with Gasteiger partial charge in [0, 0.05) is 25.0 Å². The fourth-order valence-corrected chi connectivity index (χ4v) is 2.89. The Balaban J connectivity index is 1.76. The van der Waals surface area contributed by atoms with Crippen LogP contribution in [0.25, 0.3) is 0 Å². The van der Waals surface area contributed by atoms with Crippen molar-refractivity contribution in [3.05, 3.63) is 16.1 Å². The number of aryl methyl sites for hydroxylation is 1. The van der Waals surface area contributed by atoms with Crippen molar-refractivity contribution in [1.82, 2.24) is 9.88 Å². The molecule has 1 aliphatic heterocycles. The van der Waals surface area contributed by atoms with E-state index in [1.54, 1.807) is 11.3 Å². The molecule has 1 fully saturated rings. The highest BCUT2D eigenvalue weighted by atomic mass is 32.1. The monoisotopic (exact) mass is 270 g/mol. The lowest BCUT2D eigenvalue weighted by Crippen LogP contribution is -2.61. The van der Waals surface area contributed by atoms with E-state index in [2.05, 4.69) is 22.2 Å². The van der Waals surface area contributed by atoms with Gasteiger partial charge in [0.1, 0.15) is 6.61 Å². The van der Waals surface area contributed by atoms with E-state index < -0.39 is 5.97 Å². The van der Waals surface area contributed by atoms with Crippen molar-refractivity contribution in [2.45, 2.75) is 32.4 Å². The quantitative estimate of drug-likeness (QED) is 0.846. The molecule has 1 aromatic heterocycles. The summed E-state index contributed by atoms with van der Waals surface area (Å²) in [5.74, 6) is -0.915. The Morgan fingerprint density at radius 2 is 2.39 bits per heavy atom. The van der Waals surface area contributed by atoms with E-state index in [1.165, 1.54) is 0 Å². The van der Waals surface area contributed by atoms with E-state index in [4.69, 9.17) is 9.84 Å². The number of rotatable bonds is 6. The lowest BCUT2D eigenvalue weighted by molar-refractivity contribution is -0.165. The van der Waals surface area contributed by atoms with E-state index in [0.29, 0.717) is 0 Å². The number of aliphatic carboxylic acids is 1. The fourth-order valence-electron chi connectivity index (χ4n) is 2.15. The molecular formula is C12H18N2O3S. The zero-order valence-electron chi connectivity index (χ0n) is 10.7. The predicted octanol–water partition coefficient (Wildman–Crippen LogP) is 1.38. The highest BCUT2D eigenvalue weighted by Gasteiger charge is 2.40. The first-order valence-corrected chi connectivity index (χ1v) is 6.90. The summed E-state index contributed by atoms with van der Waals surface area (Å²) >= 11 is 1.69. The van der Waals surface area contributed by atoms with Crippen LogP contribution in [0, 0.1) is 0 Å². The molecule has 6 heteroatoms. The van der Waals surface area contributed by atoms with E-state index >= 15 is 0 Å². The number of carboxylic acid groups (broad SMARTS) is 1. The third-order valence-electron chi connectivity index (χ3n) is 2.95. The number of carbonyl (C=O) groups is 1. The molecular weight excluding hydrogens is 252 g/mol. The van der Waals surface area contributed by atoms with Crippen molar-refractivity contribution < 1.29 is 14.6 Å². The lowest BCUT2D eigenvalue weighted by Gasteiger charge is -2.47. The van der Waals surface area contributed by atoms with Gasteiger partial charge < -0.3 is 9.84 Å². The fraction of sp³-hybridized carbons (Fsp3) is 0.667. The Morgan fingerprint density at radius 1 is 1.67 bits per heavy atom. The van der Waals surface area contributed by atoms with Crippen LogP contribution in [0.2, 0.25) is 0 Å². The minimum absolute atomic E-state index is 0.221. The molecule has 1 aliphatic rings. The molecule has 2 heterocycles. The van der Waals surface area contributed by atoms with Crippen molar-refractivity contribution in [3.8, 4) is 0 Å². The summed E-state index contributed by atoms with van der Waals surface area (Å²) in [7, 11) is 0. The number of hydrogen-bond acceptors (Lipinski definition) is 5. The molecule has 18 heavy (non-hydrogen) atoms. The van der Waals surface area contributed by atoms with Crippen LogP contribution in [0.5, 0.6) is 0 Å². The number of nitrogens with zero attached hydrogens (tertiary/aromatic N) is 2. The molecule has 0 radical (unpaired) electrons. The van der Waals surface area contributed by atoms with Crippen molar-refractivity contribution >= 4 is 17.3 Å². The van der Waals surface area contributed by atoms with Crippen LogP contribution in [0.15, 0.2) is 5.38 Å². The molecule has 1 N–H and O–H groups in total. The summed E-state index contributed by atoms with van der Waals surface area (Å²) < 4.78 is 5.36. The van der Waals surface area contributed by atoms with Crippen molar-refractivity contribution in [1.29, 1.82) is 0 Å². The normalized spacial score (nSPS) is 18.6. The summed E-state index contributed by atoms with van der Waals surface area (Å²) in [5.41, 5.74) is 0.777. The first kappa shape index (κ1) is 13.5. The van der Waals surface area contributed by atoms with Crippen LogP contribution in [-0.4, -0.2) is 46.3 Å². The Morgan fingerprint density at radius 3 is 2.94 bits per heavy atom. The van der Waals surface area contributed by atoms with Crippen molar-refractivity contribution in [2.24, 2.45) is 0 Å². The summed E-state index contributed by atoms with van der Waals surface area (Å²) in [6.07, 6.45) is 0.976. The van der Waals surface area contributed by atoms with Gasteiger partial charge >= 0.3 is 5.97 Å². The Bertz CT molecular complexity index is 427. The highest BCUT2D eigenvalue weighted by molar-refractivity contribution is 7.09. The third-order valence-corrected chi connectivity index (χ3v) is 3.99. The number of carboxylic acids is 1. The first-order chi connectivity index (χ1) is 8.50. The van der Waals surface area contributed by atoms with Gasteiger partial charge in [0.05, 0.1) is 16.3 Å². The van der Waals surface area contributed by atoms with Crippen LogP contribution in [0.4, 0.5) is 0 Å². The topological polar surface area (TPSA) is 62.7 Å². The molecule has 5 nitrogen and oxygen atoms in total. The number of likely N-dealkylation sites (tertiary alicyclic amines) is 1. The summed E-state index contributed by atoms with van der Waals surface area (Å²) in [5, 5.41) is 11.8. The van der Waals surface area contributed by atoms with E-state index in [1.807, 2.05) is 6.92 Å². The number of hydrogen-bond donors (Lipinski definition) is 1. The largest absolute Gasteiger partial charge is 0.480 e. The Kier molecular flexibility index (Phi) is 3.99. The molecule has 0 spiro atoms. The maximum atomic E-state index is 10.4. The summed E-state index contributed by atoms with van der Waals surface area (Å²) in [4.78, 5) is 17.2. The molecule has 1 aromatic rings. The first-order valence-electron chi connectivity index (χ1n) is 6.02. The van der Waals surface area contributed by atoms with Crippen LogP contribution >= 0.6 is 11.3 Å². The molecule has 1 saturated heterocycles. The molecule has 0 saturated carbocycles. The van der Waals surface area contributed by atoms with Crippen LogP contribution in [0.3, 0.4) is 0 Å². The number of thiazole rings is 1. The molecule has 0 unspecified atom stereocenters. The highest BCUT2D eigenvalue weighted by Crippen LogP contribution is 2.26. The second kappa shape index (κ2) is 5.34. The minimum Gasteiger partial charge on any atom is -0.480 e. The molecule has 2 rings (SSSR count). The molecule has 0 bridgehead atoms. The predicted molar refractivity (Wildman–Crippen MR) is 68.8 cm³/mol. The molecule has 0 atom stereocenters. The SMILES string of the molecule is CCc1nc(CN2CC(C)(OCC(=O)O)C2)cs1. The van der Waals surface area contributed by atoms with Gasteiger partial charge in [0.15, 0.2) is 0 Å². The van der Waals surface area contributed by atoms with Gasteiger partial charge in [0.2, 0.25) is 0 Å². The number of ether oxygens (including phenoxy) is 1. The number of aromatic nitrogens is 1.